The first-order valence-electron chi connectivity index (χ1n) is 7.54. The van der Waals surface area contributed by atoms with Crippen LogP contribution in [0.1, 0.15) is 51.9 Å². The second-order valence-electron chi connectivity index (χ2n) is 6.67. The van der Waals surface area contributed by atoms with E-state index in [2.05, 4.69) is 12.2 Å². The lowest BCUT2D eigenvalue weighted by Crippen LogP contribution is -2.42. The Morgan fingerprint density at radius 3 is 2.30 bits per heavy atom. The minimum absolute atomic E-state index is 0.0833. The monoisotopic (exact) mass is 283 g/mol. The van der Waals surface area contributed by atoms with Gasteiger partial charge in [0.2, 0.25) is 5.91 Å². The van der Waals surface area contributed by atoms with Crippen LogP contribution in [0.4, 0.5) is 0 Å². The Morgan fingerprint density at radius 1 is 1.15 bits per heavy atom. The Bertz CT molecular complexity index is 368. The number of carboxylic acids is 1. The summed E-state index contributed by atoms with van der Waals surface area (Å²) in [4.78, 5) is 23.5. The van der Waals surface area contributed by atoms with Crippen LogP contribution >= 0.6 is 0 Å². The number of nitrogens with one attached hydrogen (secondary N) is 1. The first-order chi connectivity index (χ1) is 9.46. The zero-order valence-corrected chi connectivity index (χ0v) is 12.2. The minimum Gasteiger partial charge on any atom is -0.481 e. The van der Waals surface area contributed by atoms with E-state index in [-0.39, 0.29) is 17.7 Å². The molecule has 2 rings (SSSR count). The van der Waals surface area contributed by atoms with Gasteiger partial charge >= 0.3 is 5.97 Å². The van der Waals surface area contributed by atoms with Crippen LogP contribution in [-0.4, -0.2) is 36.7 Å². The summed E-state index contributed by atoms with van der Waals surface area (Å²) in [6.07, 6.45) is 5.08. The second kappa shape index (κ2) is 6.12. The summed E-state index contributed by atoms with van der Waals surface area (Å²) < 4.78 is 5.34. The van der Waals surface area contributed by atoms with Gasteiger partial charge in [-0.05, 0) is 31.1 Å². The highest BCUT2D eigenvalue weighted by molar-refractivity contribution is 5.85. The van der Waals surface area contributed by atoms with Gasteiger partial charge in [0, 0.05) is 26.2 Å². The molecule has 20 heavy (non-hydrogen) atoms. The van der Waals surface area contributed by atoms with Gasteiger partial charge in [0.05, 0.1) is 5.41 Å². The van der Waals surface area contributed by atoms with Crippen molar-refractivity contribution >= 4 is 11.9 Å². The summed E-state index contributed by atoms with van der Waals surface area (Å²) in [6.45, 7) is 4.25. The molecule has 114 valence electrons. The van der Waals surface area contributed by atoms with E-state index in [0.29, 0.717) is 19.4 Å². The van der Waals surface area contributed by atoms with Crippen LogP contribution < -0.4 is 5.32 Å². The molecule has 2 fully saturated rings. The molecule has 0 unspecified atom stereocenters. The van der Waals surface area contributed by atoms with Gasteiger partial charge in [0.25, 0.3) is 0 Å². The normalized spacial score (nSPS) is 24.2. The molecule has 1 heterocycles. The molecule has 0 atom stereocenters. The molecule has 5 nitrogen and oxygen atoms in total. The maximum absolute atomic E-state index is 12.1. The molecule has 0 radical (unpaired) electrons. The molecular weight excluding hydrogens is 258 g/mol. The van der Waals surface area contributed by atoms with Crippen molar-refractivity contribution in [2.24, 2.45) is 10.8 Å². The van der Waals surface area contributed by atoms with Crippen molar-refractivity contribution < 1.29 is 19.4 Å². The average molecular weight is 283 g/mol. The van der Waals surface area contributed by atoms with Crippen molar-refractivity contribution in [3.05, 3.63) is 0 Å². The van der Waals surface area contributed by atoms with Crippen molar-refractivity contribution in [3.63, 3.8) is 0 Å². The molecule has 1 saturated heterocycles. The lowest BCUT2D eigenvalue weighted by molar-refractivity contribution is -0.151. The SMILES string of the molecule is CC1(CNC(=O)CC2(C(=O)O)CCCC2)CCOCC1. The molecule has 1 aliphatic heterocycles. The van der Waals surface area contributed by atoms with Gasteiger partial charge in [-0.2, -0.15) is 0 Å². The summed E-state index contributed by atoms with van der Waals surface area (Å²) in [5.74, 6) is -0.940. The summed E-state index contributed by atoms with van der Waals surface area (Å²) >= 11 is 0. The summed E-state index contributed by atoms with van der Waals surface area (Å²) in [6, 6.07) is 0. The minimum atomic E-state index is -0.819. The molecule has 1 amide bonds. The van der Waals surface area contributed by atoms with Gasteiger partial charge in [0.15, 0.2) is 0 Å². The van der Waals surface area contributed by atoms with Crippen molar-refractivity contribution in [2.45, 2.75) is 51.9 Å². The third-order valence-electron chi connectivity index (χ3n) is 4.93. The molecule has 1 saturated carbocycles. The highest BCUT2D eigenvalue weighted by atomic mass is 16.5. The lowest BCUT2D eigenvalue weighted by atomic mass is 9.81. The number of amides is 1. The standard InChI is InChI=1S/C15H25NO4/c1-14(6-8-20-9-7-14)11-16-12(17)10-15(13(18)19)4-2-3-5-15/h2-11H2,1H3,(H,16,17)(H,18,19). The van der Waals surface area contributed by atoms with E-state index in [0.717, 1.165) is 38.9 Å². The van der Waals surface area contributed by atoms with Crippen LogP contribution in [0.15, 0.2) is 0 Å². The Labute approximate surface area is 120 Å². The Hall–Kier alpha value is -1.10. The van der Waals surface area contributed by atoms with Gasteiger partial charge in [0.1, 0.15) is 0 Å². The number of ether oxygens (including phenoxy) is 1. The molecule has 0 spiro atoms. The predicted octanol–water partition coefficient (Wildman–Crippen LogP) is 1.95. The fourth-order valence-corrected chi connectivity index (χ4v) is 3.24. The van der Waals surface area contributed by atoms with Gasteiger partial charge in [-0.25, -0.2) is 0 Å². The van der Waals surface area contributed by atoms with Crippen LogP contribution in [0, 0.1) is 10.8 Å². The van der Waals surface area contributed by atoms with Crippen LogP contribution in [0.2, 0.25) is 0 Å². The molecule has 2 N–H and O–H groups in total. The predicted molar refractivity (Wildman–Crippen MR) is 74.3 cm³/mol. The number of rotatable bonds is 5. The van der Waals surface area contributed by atoms with Crippen molar-refractivity contribution in [2.75, 3.05) is 19.8 Å². The third-order valence-corrected chi connectivity index (χ3v) is 4.93. The number of aliphatic carboxylic acids is 1. The fraction of sp³-hybridized carbons (Fsp3) is 0.867. The highest BCUT2D eigenvalue weighted by Crippen LogP contribution is 2.41. The van der Waals surface area contributed by atoms with Crippen LogP contribution in [0.5, 0.6) is 0 Å². The molecule has 0 aromatic rings. The molecule has 1 aliphatic carbocycles. The van der Waals surface area contributed by atoms with E-state index >= 15 is 0 Å². The Balaban J connectivity index is 1.84. The van der Waals surface area contributed by atoms with Gasteiger partial charge < -0.3 is 15.2 Å². The van der Waals surface area contributed by atoms with E-state index in [1.165, 1.54) is 0 Å². The van der Waals surface area contributed by atoms with Crippen molar-refractivity contribution in [3.8, 4) is 0 Å². The number of hydrogen-bond donors (Lipinski definition) is 2. The molecule has 0 bridgehead atoms. The number of carbonyl (C=O) groups is 2. The molecule has 0 aromatic carbocycles. The third kappa shape index (κ3) is 3.51. The van der Waals surface area contributed by atoms with Crippen LogP contribution in [-0.2, 0) is 14.3 Å². The first-order valence-corrected chi connectivity index (χ1v) is 7.54. The summed E-state index contributed by atoms with van der Waals surface area (Å²) in [5, 5.41) is 12.3. The molecule has 5 heteroatoms. The second-order valence-corrected chi connectivity index (χ2v) is 6.67. The van der Waals surface area contributed by atoms with E-state index < -0.39 is 11.4 Å². The van der Waals surface area contributed by atoms with E-state index in [1.807, 2.05) is 0 Å². The fourth-order valence-electron chi connectivity index (χ4n) is 3.24. The van der Waals surface area contributed by atoms with Crippen molar-refractivity contribution in [1.82, 2.24) is 5.32 Å². The largest absolute Gasteiger partial charge is 0.481 e. The molecule has 2 aliphatic rings. The van der Waals surface area contributed by atoms with E-state index in [1.54, 1.807) is 0 Å². The van der Waals surface area contributed by atoms with Gasteiger partial charge in [-0.15, -0.1) is 0 Å². The van der Waals surface area contributed by atoms with E-state index in [9.17, 15) is 14.7 Å². The lowest BCUT2D eigenvalue weighted by Gasteiger charge is -2.34. The Kier molecular flexibility index (Phi) is 4.68. The maximum atomic E-state index is 12.1. The quantitative estimate of drug-likeness (QED) is 0.808. The number of carboxylic acid groups (broad SMARTS) is 1. The van der Waals surface area contributed by atoms with E-state index in [4.69, 9.17) is 4.74 Å². The summed E-state index contributed by atoms with van der Waals surface area (Å²) in [7, 11) is 0. The zero-order valence-electron chi connectivity index (χ0n) is 12.2. The first kappa shape index (κ1) is 15.3. The topological polar surface area (TPSA) is 75.6 Å². The Morgan fingerprint density at radius 2 is 1.75 bits per heavy atom. The average Bonchev–Trinajstić information content (AvgIpc) is 2.87. The number of hydrogen-bond acceptors (Lipinski definition) is 3. The smallest absolute Gasteiger partial charge is 0.310 e. The van der Waals surface area contributed by atoms with Gasteiger partial charge in [-0.1, -0.05) is 19.8 Å². The van der Waals surface area contributed by atoms with Crippen LogP contribution in [0.25, 0.3) is 0 Å². The van der Waals surface area contributed by atoms with Crippen LogP contribution in [0.3, 0.4) is 0 Å². The molecule has 0 aromatic heterocycles. The molecular formula is C15H25NO4. The highest BCUT2D eigenvalue weighted by Gasteiger charge is 2.43. The van der Waals surface area contributed by atoms with Crippen molar-refractivity contribution in [1.29, 1.82) is 0 Å². The van der Waals surface area contributed by atoms with Gasteiger partial charge in [-0.3, -0.25) is 9.59 Å². The maximum Gasteiger partial charge on any atom is 0.310 e. The zero-order chi connectivity index (χ0) is 14.6. The number of carbonyl (C=O) groups excluding carboxylic acids is 1. The summed E-state index contributed by atoms with van der Waals surface area (Å²) in [5.41, 5.74) is -0.735.